The van der Waals surface area contributed by atoms with E-state index in [0.717, 1.165) is 26.9 Å². The summed E-state index contributed by atoms with van der Waals surface area (Å²) in [6.07, 6.45) is 0. The second kappa shape index (κ2) is 5.03. The van der Waals surface area contributed by atoms with Gasteiger partial charge in [-0.05, 0) is 49.0 Å². The van der Waals surface area contributed by atoms with Gasteiger partial charge in [-0.25, -0.2) is 0 Å². The molecule has 0 fully saturated rings. The minimum atomic E-state index is 0.565. The minimum Gasteiger partial charge on any atom is -0.481 e. The highest BCUT2D eigenvalue weighted by Crippen LogP contribution is 2.24. The van der Waals surface area contributed by atoms with Crippen LogP contribution in [0.4, 0.5) is 0 Å². The molecule has 6 heteroatoms. The van der Waals surface area contributed by atoms with Gasteiger partial charge in [-0.15, -0.1) is 0 Å². The van der Waals surface area contributed by atoms with E-state index in [2.05, 4.69) is 32.0 Å². The Morgan fingerprint density at radius 3 is 2.80 bits per heavy atom. The summed E-state index contributed by atoms with van der Waals surface area (Å²) in [5, 5.41) is 0. The number of nitrogens with one attached hydrogen (secondary N) is 1. The third-order valence-corrected chi connectivity index (χ3v) is 3.89. The van der Waals surface area contributed by atoms with Crippen molar-refractivity contribution in [1.29, 1.82) is 0 Å². The van der Waals surface area contributed by atoms with E-state index in [1.165, 1.54) is 0 Å². The third kappa shape index (κ3) is 2.14. The summed E-state index contributed by atoms with van der Waals surface area (Å²) >= 11 is 8.89. The van der Waals surface area contributed by atoms with E-state index >= 15 is 0 Å². The number of hydrogen-bond donors (Lipinski definition) is 1. The Labute approximate surface area is 129 Å². The van der Waals surface area contributed by atoms with Gasteiger partial charge in [0.1, 0.15) is 0 Å². The lowest BCUT2D eigenvalue weighted by Gasteiger charge is -2.08. The number of nitrogens with zero attached hydrogens (tertiary/aromatic N) is 2. The number of methoxy groups -OCH3 is 1. The van der Waals surface area contributed by atoms with E-state index in [0.29, 0.717) is 10.7 Å². The van der Waals surface area contributed by atoms with Gasteiger partial charge in [-0.2, -0.15) is 4.98 Å². The normalized spacial score (nSPS) is 10.9. The van der Waals surface area contributed by atoms with Crippen molar-refractivity contribution in [2.45, 2.75) is 6.92 Å². The molecule has 0 aliphatic carbocycles. The molecule has 0 amide bonds. The van der Waals surface area contributed by atoms with Crippen LogP contribution < -0.4 is 4.74 Å². The quantitative estimate of drug-likeness (QED) is 0.706. The summed E-state index contributed by atoms with van der Waals surface area (Å²) in [6.45, 7) is 2.04. The molecule has 3 aromatic rings. The molecular weight excluding hydrogens is 338 g/mol. The molecule has 0 saturated carbocycles. The maximum atomic E-state index is 5.42. The number of imidazole rings is 1. The van der Waals surface area contributed by atoms with Gasteiger partial charge in [-0.1, -0.05) is 15.9 Å². The fourth-order valence-corrected chi connectivity index (χ4v) is 2.94. The molecule has 0 atom stereocenters. The van der Waals surface area contributed by atoms with Gasteiger partial charge in [0, 0.05) is 10.5 Å². The standard InChI is InChI=1S/C14H12BrN3OS/c1-8-7-9(15)3-5-11(8)18-13-10(16-14(18)20)4-6-12(17-13)19-2/h3-7H,1-2H3,(H,16,20). The van der Waals surface area contributed by atoms with Gasteiger partial charge in [-0.3, -0.25) is 4.57 Å². The molecule has 0 radical (unpaired) electrons. The van der Waals surface area contributed by atoms with Gasteiger partial charge in [0.2, 0.25) is 5.88 Å². The summed E-state index contributed by atoms with van der Waals surface area (Å²) in [5.74, 6) is 0.565. The third-order valence-electron chi connectivity index (χ3n) is 3.11. The Kier molecular flexibility index (Phi) is 3.35. The molecule has 102 valence electrons. The zero-order valence-electron chi connectivity index (χ0n) is 11.0. The number of aromatic nitrogens is 3. The first-order valence-corrected chi connectivity index (χ1v) is 7.22. The van der Waals surface area contributed by atoms with Crippen molar-refractivity contribution in [2.24, 2.45) is 0 Å². The number of aryl methyl sites for hydroxylation is 1. The smallest absolute Gasteiger partial charge is 0.215 e. The van der Waals surface area contributed by atoms with Gasteiger partial charge >= 0.3 is 0 Å². The highest BCUT2D eigenvalue weighted by Gasteiger charge is 2.11. The number of halogens is 1. The second-order valence-corrected chi connectivity index (χ2v) is 5.72. The molecule has 4 nitrogen and oxygen atoms in total. The first-order chi connectivity index (χ1) is 9.60. The number of ether oxygens (including phenoxy) is 1. The predicted octanol–water partition coefficient (Wildman–Crippen LogP) is 4.16. The van der Waals surface area contributed by atoms with Crippen molar-refractivity contribution in [3.05, 3.63) is 45.1 Å². The van der Waals surface area contributed by atoms with Crippen LogP contribution in [0.3, 0.4) is 0 Å². The Hall–Kier alpha value is -1.66. The zero-order valence-corrected chi connectivity index (χ0v) is 13.4. The minimum absolute atomic E-state index is 0.565. The SMILES string of the molecule is COc1ccc2[nH]c(=S)n(-c3ccc(Br)cc3C)c2n1. The molecule has 0 aliphatic rings. The van der Waals surface area contributed by atoms with Gasteiger partial charge < -0.3 is 9.72 Å². The second-order valence-electron chi connectivity index (χ2n) is 4.42. The van der Waals surface area contributed by atoms with Crippen molar-refractivity contribution < 1.29 is 4.74 Å². The van der Waals surface area contributed by atoms with E-state index in [1.807, 2.05) is 35.8 Å². The van der Waals surface area contributed by atoms with E-state index in [4.69, 9.17) is 17.0 Å². The molecule has 0 aliphatic heterocycles. The van der Waals surface area contributed by atoms with Crippen molar-refractivity contribution in [3.8, 4) is 11.6 Å². The van der Waals surface area contributed by atoms with Crippen LogP contribution in [-0.2, 0) is 0 Å². The van der Waals surface area contributed by atoms with Crippen LogP contribution in [0.1, 0.15) is 5.56 Å². The first-order valence-electron chi connectivity index (χ1n) is 6.02. The average molecular weight is 350 g/mol. The molecule has 0 bridgehead atoms. The van der Waals surface area contributed by atoms with E-state index in [9.17, 15) is 0 Å². The molecule has 2 heterocycles. The molecule has 0 saturated heterocycles. The first kappa shape index (κ1) is 13.3. The number of rotatable bonds is 2. The van der Waals surface area contributed by atoms with Crippen molar-refractivity contribution in [3.63, 3.8) is 0 Å². The molecule has 2 aromatic heterocycles. The van der Waals surface area contributed by atoms with Crippen LogP contribution in [0, 0.1) is 11.7 Å². The lowest BCUT2D eigenvalue weighted by Crippen LogP contribution is -1.99. The summed E-state index contributed by atoms with van der Waals surface area (Å²) in [6, 6.07) is 9.79. The summed E-state index contributed by atoms with van der Waals surface area (Å²) in [5.41, 5.74) is 3.77. The van der Waals surface area contributed by atoms with Crippen LogP contribution >= 0.6 is 28.1 Å². The summed E-state index contributed by atoms with van der Waals surface area (Å²) in [7, 11) is 1.60. The van der Waals surface area contributed by atoms with Crippen molar-refractivity contribution >= 4 is 39.3 Å². The monoisotopic (exact) mass is 349 g/mol. The van der Waals surface area contributed by atoms with E-state index < -0.39 is 0 Å². The fraction of sp³-hybridized carbons (Fsp3) is 0.143. The van der Waals surface area contributed by atoms with Crippen LogP contribution in [0.2, 0.25) is 0 Å². The Bertz CT molecular complexity index is 853. The summed E-state index contributed by atoms with van der Waals surface area (Å²) < 4.78 is 8.77. The lowest BCUT2D eigenvalue weighted by molar-refractivity contribution is 0.399. The van der Waals surface area contributed by atoms with Crippen LogP contribution in [0.5, 0.6) is 5.88 Å². The number of fused-ring (bicyclic) bond motifs is 1. The highest BCUT2D eigenvalue weighted by molar-refractivity contribution is 9.10. The Morgan fingerprint density at radius 1 is 1.30 bits per heavy atom. The zero-order chi connectivity index (χ0) is 14.3. The maximum Gasteiger partial charge on any atom is 0.215 e. The highest BCUT2D eigenvalue weighted by atomic mass is 79.9. The van der Waals surface area contributed by atoms with E-state index in [-0.39, 0.29) is 0 Å². The number of H-pyrrole nitrogens is 1. The summed E-state index contributed by atoms with van der Waals surface area (Å²) in [4.78, 5) is 7.65. The van der Waals surface area contributed by atoms with E-state index in [1.54, 1.807) is 7.11 Å². The van der Waals surface area contributed by atoms with Gasteiger partial charge in [0.25, 0.3) is 0 Å². The van der Waals surface area contributed by atoms with Crippen LogP contribution in [0.25, 0.3) is 16.9 Å². The van der Waals surface area contributed by atoms with Crippen molar-refractivity contribution in [2.75, 3.05) is 7.11 Å². The van der Waals surface area contributed by atoms with Gasteiger partial charge in [0.15, 0.2) is 10.4 Å². The molecule has 0 unspecified atom stereocenters. The molecule has 1 aromatic carbocycles. The van der Waals surface area contributed by atoms with Crippen LogP contribution in [0.15, 0.2) is 34.8 Å². The van der Waals surface area contributed by atoms with Crippen LogP contribution in [-0.4, -0.2) is 21.6 Å². The molecule has 20 heavy (non-hydrogen) atoms. The number of hydrogen-bond acceptors (Lipinski definition) is 3. The molecule has 3 rings (SSSR count). The van der Waals surface area contributed by atoms with Crippen molar-refractivity contribution in [1.82, 2.24) is 14.5 Å². The maximum absolute atomic E-state index is 5.42. The largest absolute Gasteiger partial charge is 0.481 e. The number of benzene rings is 1. The topological polar surface area (TPSA) is 42.8 Å². The molecule has 0 spiro atoms. The Balaban J connectivity index is 2.34. The Morgan fingerprint density at radius 2 is 2.10 bits per heavy atom. The van der Waals surface area contributed by atoms with Gasteiger partial charge in [0.05, 0.1) is 18.3 Å². The average Bonchev–Trinajstić information content (AvgIpc) is 2.74. The molecular formula is C14H12BrN3OS. The predicted molar refractivity (Wildman–Crippen MR) is 85.2 cm³/mol. The number of aromatic amines is 1. The fourth-order valence-electron chi connectivity index (χ4n) is 2.17. The molecule has 1 N–H and O–H groups in total. The lowest BCUT2D eigenvalue weighted by atomic mass is 10.2. The number of pyridine rings is 1.